The van der Waals surface area contributed by atoms with Crippen molar-refractivity contribution in [2.75, 3.05) is 46.6 Å². The van der Waals surface area contributed by atoms with Crippen LogP contribution in [0.25, 0.3) is 0 Å². The van der Waals surface area contributed by atoms with Gasteiger partial charge in [0.05, 0.1) is 19.6 Å². The van der Waals surface area contributed by atoms with Crippen LogP contribution in [0.2, 0.25) is 0 Å². The van der Waals surface area contributed by atoms with Crippen LogP contribution in [0.4, 0.5) is 0 Å². The normalized spacial score (nSPS) is 10.5. The number of ether oxygens (including phenoxy) is 2. The lowest BCUT2D eigenvalue weighted by atomic mass is 10.3. The Morgan fingerprint density at radius 1 is 1.24 bits per heavy atom. The van der Waals surface area contributed by atoms with Gasteiger partial charge in [0.15, 0.2) is 0 Å². The van der Waals surface area contributed by atoms with Crippen LogP contribution in [-0.2, 0) is 14.3 Å². The highest BCUT2D eigenvalue weighted by Crippen LogP contribution is 1.98. The van der Waals surface area contributed by atoms with Crippen molar-refractivity contribution < 1.29 is 14.3 Å². The monoisotopic (exact) mass is 246 g/mol. The fourth-order valence-electron chi connectivity index (χ4n) is 1.41. The third-order valence-corrected chi connectivity index (χ3v) is 2.36. The molecule has 0 heterocycles. The minimum Gasteiger partial charge on any atom is -0.383 e. The molecule has 0 aromatic carbocycles. The van der Waals surface area contributed by atoms with Gasteiger partial charge in [-0.1, -0.05) is 6.92 Å². The highest BCUT2D eigenvalue weighted by atomic mass is 16.5. The zero-order valence-electron chi connectivity index (χ0n) is 11.1. The van der Waals surface area contributed by atoms with Crippen LogP contribution < -0.4 is 5.73 Å². The average molecular weight is 246 g/mol. The summed E-state index contributed by atoms with van der Waals surface area (Å²) >= 11 is 0. The van der Waals surface area contributed by atoms with E-state index in [1.165, 1.54) is 0 Å². The molecule has 0 bridgehead atoms. The van der Waals surface area contributed by atoms with Crippen molar-refractivity contribution in [3.63, 3.8) is 0 Å². The maximum absolute atomic E-state index is 11.9. The van der Waals surface area contributed by atoms with Crippen molar-refractivity contribution in [1.82, 2.24) is 4.90 Å². The van der Waals surface area contributed by atoms with Gasteiger partial charge in [0, 0.05) is 26.8 Å². The van der Waals surface area contributed by atoms with Crippen molar-refractivity contribution >= 4 is 5.91 Å². The minimum absolute atomic E-state index is 0.117. The summed E-state index contributed by atoms with van der Waals surface area (Å²) in [6.07, 6.45) is 2.24. The molecule has 102 valence electrons. The van der Waals surface area contributed by atoms with Crippen LogP contribution in [0.1, 0.15) is 26.2 Å². The fourth-order valence-corrected chi connectivity index (χ4v) is 1.41. The van der Waals surface area contributed by atoms with Gasteiger partial charge in [-0.15, -0.1) is 0 Å². The van der Waals surface area contributed by atoms with Gasteiger partial charge in [-0.2, -0.15) is 0 Å². The highest BCUT2D eigenvalue weighted by molar-refractivity contribution is 5.76. The van der Waals surface area contributed by atoms with E-state index < -0.39 is 0 Å². The molecule has 0 unspecified atom stereocenters. The molecular formula is C12H26N2O3. The molecule has 0 saturated heterocycles. The second kappa shape index (κ2) is 11.8. The molecule has 17 heavy (non-hydrogen) atoms. The zero-order valence-corrected chi connectivity index (χ0v) is 11.1. The molecule has 0 aliphatic heterocycles. The van der Waals surface area contributed by atoms with E-state index in [1.54, 1.807) is 12.0 Å². The van der Waals surface area contributed by atoms with Crippen LogP contribution in [0.15, 0.2) is 0 Å². The van der Waals surface area contributed by atoms with Gasteiger partial charge in [0.1, 0.15) is 0 Å². The van der Waals surface area contributed by atoms with Gasteiger partial charge in [-0.05, 0) is 19.4 Å². The van der Waals surface area contributed by atoms with E-state index in [4.69, 9.17) is 15.2 Å². The molecule has 0 aliphatic rings. The van der Waals surface area contributed by atoms with E-state index in [0.717, 1.165) is 12.8 Å². The molecule has 5 nitrogen and oxygen atoms in total. The van der Waals surface area contributed by atoms with Crippen LogP contribution in [0.3, 0.4) is 0 Å². The smallest absolute Gasteiger partial charge is 0.224 e. The first-order chi connectivity index (χ1) is 8.26. The number of rotatable bonds is 11. The Bertz CT molecular complexity index is 181. The number of hydrogen-bond donors (Lipinski definition) is 1. The second-order valence-electron chi connectivity index (χ2n) is 3.88. The molecule has 0 aromatic rings. The van der Waals surface area contributed by atoms with Gasteiger partial charge in [-0.25, -0.2) is 0 Å². The Morgan fingerprint density at radius 3 is 2.59 bits per heavy atom. The maximum atomic E-state index is 11.9. The molecule has 0 spiro atoms. The van der Waals surface area contributed by atoms with Crippen LogP contribution >= 0.6 is 0 Å². The van der Waals surface area contributed by atoms with Crippen molar-refractivity contribution in [2.24, 2.45) is 5.73 Å². The summed E-state index contributed by atoms with van der Waals surface area (Å²) in [4.78, 5) is 13.7. The third-order valence-electron chi connectivity index (χ3n) is 2.36. The number of amides is 1. The molecule has 0 aromatic heterocycles. The highest BCUT2D eigenvalue weighted by Gasteiger charge is 2.12. The molecule has 1 amide bonds. The van der Waals surface area contributed by atoms with E-state index >= 15 is 0 Å². The standard InChI is InChI=1S/C12H26N2O3/c1-3-9-17-10-5-12(15)14(7-4-6-13)8-11-16-2/h3-11,13H2,1-2H3. The molecule has 0 atom stereocenters. The van der Waals surface area contributed by atoms with E-state index in [2.05, 4.69) is 0 Å². The van der Waals surface area contributed by atoms with E-state index in [0.29, 0.717) is 45.9 Å². The quantitative estimate of drug-likeness (QED) is 0.543. The summed E-state index contributed by atoms with van der Waals surface area (Å²) in [5.41, 5.74) is 5.45. The Labute approximate surface area is 104 Å². The molecule has 0 radical (unpaired) electrons. The number of hydrogen-bond acceptors (Lipinski definition) is 4. The number of carbonyl (C=O) groups excluding carboxylic acids is 1. The molecular weight excluding hydrogens is 220 g/mol. The predicted molar refractivity (Wildman–Crippen MR) is 67.9 cm³/mol. The predicted octanol–water partition coefficient (Wildman–Crippen LogP) is 0.627. The Balaban J connectivity index is 3.85. The molecule has 0 rings (SSSR count). The largest absolute Gasteiger partial charge is 0.383 e. The molecule has 5 heteroatoms. The van der Waals surface area contributed by atoms with Gasteiger partial charge in [0.25, 0.3) is 0 Å². The summed E-state index contributed by atoms with van der Waals surface area (Å²) in [5.74, 6) is 0.117. The van der Waals surface area contributed by atoms with Crippen LogP contribution in [0, 0.1) is 0 Å². The van der Waals surface area contributed by atoms with Gasteiger partial charge < -0.3 is 20.1 Å². The van der Waals surface area contributed by atoms with Gasteiger partial charge >= 0.3 is 0 Å². The van der Waals surface area contributed by atoms with E-state index in [9.17, 15) is 4.79 Å². The Kier molecular flexibility index (Phi) is 11.4. The fraction of sp³-hybridized carbons (Fsp3) is 0.917. The molecule has 0 fully saturated rings. The molecule has 2 N–H and O–H groups in total. The molecule has 0 saturated carbocycles. The first-order valence-electron chi connectivity index (χ1n) is 6.30. The van der Waals surface area contributed by atoms with Gasteiger partial charge in [-0.3, -0.25) is 4.79 Å². The number of carbonyl (C=O) groups is 1. The van der Waals surface area contributed by atoms with Crippen molar-refractivity contribution in [3.05, 3.63) is 0 Å². The lowest BCUT2D eigenvalue weighted by molar-refractivity contribution is -0.133. The third kappa shape index (κ3) is 9.09. The Hall–Kier alpha value is -0.650. The summed E-state index contributed by atoms with van der Waals surface area (Å²) in [6.45, 7) is 5.76. The summed E-state index contributed by atoms with van der Waals surface area (Å²) in [7, 11) is 1.63. The minimum atomic E-state index is 0.117. The molecule has 0 aliphatic carbocycles. The first-order valence-corrected chi connectivity index (χ1v) is 6.30. The maximum Gasteiger partial charge on any atom is 0.224 e. The first kappa shape index (κ1) is 16.4. The van der Waals surface area contributed by atoms with Crippen molar-refractivity contribution in [2.45, 2.75) is 26.2 Å². The lowest BCUT2D eigenvalue weighted by Crippen LogP contribution is -2.36. The van der Waals surface area contributed by atoms with E-state index in [1.807, 2.05) is 6.92 Å². The average Bonchev–Trinajstić information content (AvgIpc) is 2.34. The summed E-state index contributed by atoms with van der Waals surface area (Å²) in [6, 6.07) is 0. The van der Waals surface area contributed by atoms with Crippen molar-refractivity contribution in [1.29, 1.82) is 0 Å². The van der Waals surface area contributed by atoms with Gasteiger partial charge in [0.2, 0.25) is 5.91 Å². The number of methoxy groups -OCH3 is 1. The summed E-state index contributed by atoms with van der Waals surface area (Å²) in [5, 5.41) is 0. The van der Waals surface area contributed by atoms with Crippen molar-refractivity contribution in [3.8, 4) is 0 Å². The SMILES string of the molecule is CCCOCCC(=O)N(CCCN)CCOC. The summed E-state index contributed by atoms with van der Waals surface area (Å²) < 4.78 is 10.3. The van der Waals surface area contributed by atoms with E-state index in [-0.39, 0.29) is 5.91 Å². The number of nitrogens with two attached hydrogens (primary N) is 1. The lowest BCUT2D eigenvalue weighted by Gasteiger charge is -2.22. The Morgan fingerprint density at radius 2 is 2.00 bits per heavy atom. The van der Waals surface area contributed by atoms with Crippen LogP contribution in [0.5, 0.6) is 0 Å². The second-order valence-corrected chi connectivity index (χ2v) is 3.88. The van der Waals surface area contributed by atoms with Crippen LogP contribution in [-0.4, -0.2) is 57.4 Å². The number of nitrogens with zero attached hydrogens (tertiary/aromatic N) is 1. The topological polar surface area (TPSA) is 64.8 Å². The zero-order chi connectivity index (χ0) is 12.9.